The van der Waals surface area contributed by atoms with Gasteiger partial charge in [0.1, 0.15) is 0 Å². The van der Waals surface area contributed by atoms with Gasteiger partial charge in [-0.3, -0.25) is 4.90 Å². The number of rotatable bonds is 3. The molecule has 3 heterocycles. The van der Waals surface area contributed by atoms with E-state index < -0.39 is 11.0 Å². The minimum Gasteiger partial charge on any atom is -0.504 e. The van der Waals surface area contributed by atoms with Crippen LogP contribution >= 0.6 is 0 Å². The van der Waals surface area contributed by atoms with E-state index in [1.807, 2.05) is 6.07 Å². The summed E-state index contributed by atoms with van der Waals surface area (Å²) in [6, 6.07) is 12.2. The van der Waals surface area contributed by atoms with E-state index in [1.165, 1.54) is 16.5 Å². The third-order valence-corrected chi connectivity index (χ3v) is 8.87. The molecule has 5 nitrogen and oxygen atoms in total. The summed E-state index contributed by atoms with van der Waals surface area (Å²) in [5.74, 6) is 1.41. The van der Waals surface area contributed by atoms with E-state index in [2.05, 4.69) is 48.0 Å². The largest absolute Gasteiger partial charge is 0.504 e. The molecule has 0 unspecified atom stereocenters. The topological polar surface area (TPSA) is 68.7 Å². The second-order valence-corrected chi connectivity index (χ2v) is 10.8. The summed E-state index contributed by atoms with van der Waals surface area (Å²) in [6.07, 6.45) is 3.07. The summed E-state index contributed by atoms with van der Waals surface area (Å²) in [7, 11) is 0. The molecule has 0 radical (unpaired) electrons. The van der Waals surface area contributed by atoms with Crippen molar-refractivity contribution in [3.63, 3.8) is 0 Å². The van der Waals surface area contributed by atoms with Crippen LogP contribution in [0.5, 0.6) is 11.5 Å². The highest BCUT2D eigenvalue weighted by Crippen LogP contribution is 2.68. The predicted octanol–water partition coefficient (Wildman–Crippen LogP) is 4.21. The molecule has 1 aromatic heterocycles. The van der Waals surface area contributed by atoms with Crippen molar-refractivity contribution in [2.75, 3.05) is 13.1 Å². The van der Waals surface area contributed by atoms with Gasteiger partial charge in [-0.2, -0.15) is 0 Å². The van der Waals surface area contributed by atoms with Crippen molar-refractivity contribution in [3.8, 4) is 11.5 Å². The van der Waals surface area contributed by atoms with E-state index in [-0.39, 0.29) is 17.9 Å². The fourth-order valence-electron chi connectivity index (χ4n) is 7.42. The SMILES string of the molecule is CC(C)CCN1CC[C@]23c4c5ccc(O)c4O[C@H]2c2[nH]c4ccccc4c2C[C@@]3(O)[C@H]1C5. The number of aromatic hydroxyl groups is 1. The summed E-state index contributed by atoms with van der Waals surface area (Å²) in [4.78, 5) is 6.18. The van der Waals surface area contributed by atoms with Gasteiger partial charge in [-0.1, -0.05) is 38.1 Å². The number of hydrogen-bond donors (Lipinski definition) is 3. The number of hydrogen-bond acceptors (Lipinski definition) is 4. The number of aromatic nitrogens is 1. The molecule has 2 bridgehead atoms. The molecule has 2 aliphatic carbocycles. The van der Waals surface area contributed by atoms with Crippen molar-refractivity contribution >= 4 is 10.9 Å². The molecule has 0 amide bonds. The molecule has 4 atom stereocenters. The Morgan fingerprint density at radius 3 is 2.91 bits per heavy atom. The van der Waals surface area contributed by atoms with Gasteiger partial charge in [0.05, 0.1) is 16.7 Å². The Kier molecular flexibility index (Phi) is 3.62. The molecule has 1 fully saturated rings. The van der Waals surface area contributed by atoms with Gasteiger partial charge >= 0.3 is 0 Å². The van der Waals surface area contributed by atoms with E-state index in [4.69, 9.17) is 4.74 Å². The fourth-order valence-corrected chi connectivity index (χ4v) is 7.42. The first-order chi connectivity index (χ1) is 15.4. The first kappa shape index (κ1) is 19.0. The maximum atomic E-state index is 12.7. The molecular weight excluding hydrogens is 400 g/mol. The van der Waals surface area contributed by atoms with Crippen LogP contribution in [0.3, 0.4) is 0 Å². The molecule has 3 N–H and O–H groups in total. The predicted molar refractivity (Wildman–Crippen MR) is 123 cm³/mol. The lowest BCUT2D eigenvalue weighted by Gasteiger charge is -2.62. The average molecular weight is 431 g/mol. The number of para-hydroxylation sites is 1. The molecule has 2 aromatic carbocycles. The van der Waals surface area contributed by atoms with E-state index in [0.29, 0.717) is 18.1 Å². The molecule has 5 heteroatoms. The van der Waals surface area contributed by atoms with Crippen LogP contribution in [0.1, 0.15) is 55.2 Å². The number of aromatic amines is 1. The van der Waals surface area contributed by atoms with Gasteiger partial charge in [-0.05, 0) is 61.5 Å². The molecule has 1 saturated heterocycles. The van der Waals surface area contributed by atoms with Gasteiger partial charge in [0, 0.05) is 28.9 Å². The number of benzene rings is 2. The second kappa shape index (κ2) is 6.09. The number of nitrogens with zero attached hydrogens (tertiary/aromatic N) is 1. The molecular formula is C27H30N2O3. The van der Waals surface area contributed by atoms with Gasteiger partial charge in [-0.15, -0.1) is 0 Å². The van der Waals surface area contributed by atoms with Gasteiger partial charge < -0.3 is 19.9 Å². The van der Waals surface area contributed by atoms with Gasteiger partial charge in [-0.25, -0.2) is 0 Å². The molecule has 0 saturated carbocycles. The normalized spacial score (nSPS) is 32.1. The quantitative estimate of drug-likeness (QED) is 0.582. The fraction of sp³-hybridized carbons (Fsp3) is 0.481. The average Bonchev–Trinajstić information content (AvgIpc) is 3.30. The van der Waals surface area contributed by atoms with Gasteiger partial charge in [0.15, 0.2) is 17.6 Å². The van der Waals surface area contributed by atoms with E-state index >= 15 is 0 Å². The zero-order valence-electron chi connectivity index (χ0n) is 18.7. The van der Waals surface area contributed by atoms with Crippen molar-refractivity contribution in [2.24, 2.45) is 5.92 Å². The number of likely N-dealkylation sites (tertiary alicyclic amines) is 1. The number of ether oxygens (including phenoxy) is 1. The summed E-state index contributed by atoms with van der Waals surface area (Å²) < 4.78 is 6.60. The molecule has 1 spiro atoms. The number of fused-ring (bicyclic) bond motifs is 4. The van der Waals surface area contributed by atoms with Crippen LogP contribution in [0.2, 0.25) is 0 Å². The van der Waals surface area contributed by atoms with Crippen LogP contribution in [0.15, 0.2) is 36.4 Å². The van der Waals surface area contributed by atoms with Crippen LogP contribution in [-0.4, -0.2) is 44.8 Å². The van der Waals surface area contributed by atoms with Crippen molar-refractivity contribution in [1.29, 1.82) is 0 Å². The van der Waals surface area contributed by atoms with Crippen molar-refractivity contribution in [2.45, 2.75) is 62.7 Å². The first-order valence-electron chi connectivity index (χ1n) is 12.0. The molecule has 166 valence electrons. The second-order valence-electron chi connectivity index (χ2n) is 10.8. The summed E-state index contributed by atoms with van der Waals surface area (Å²) in [5, 5.41) is 24.7. The zero-order chi connectivity index (χ0) is 21.8. The monoisotopic (exact) mass is 430 g/mol. The van der Waals surface area contributed by atoms with E-state index in [0.717, 1.165) is 49.1 Å². The number of phenols is 1. The lowest BCUT2D eigenvalue weighted by Crippen LogP contribution is -2.74. The minimum absolute atomic E-state index is 0.0471. The third kappa shape index (κ3) is 2.07. The number of H-pyrrole nitrogens is 1. The maximum absolute atomic E-state index is 12.7. The van der Waals surface area contributed by atoms with E-state index in [1.54, 1.807) is 6.07 Å². The Balaban J connectivity index is 1.49. The number of phenolic OH excluding ortho intramolecular Hbond substituents is 1. The number of aliphatic hydroxyl groups is 1. The smallest absolute Gasteiger partial charge is 0.166 e. The van der Waals surface area contributed by atoms with Crippen molar-refractivity contribution in [3.05, 3.63) is 58.8 Å². The number of nitrogens with one attached hydrogen (secondary N) is 1. The minimum atomic E-state index is -0.934. The van der Waals surface area contributed by atoms with Gasteiger partial charge in [0.25, 0.3) is 0 Å². The molecule has 32 heavy (non-hydrogen) atoms. The van der Waals surface area contributed by atoms with Crippen LogP contribution < -0.4 is 4.74 Å². The lowest BCUT2D eigenvalue weighted by molar-refractivity contribution is -0.173. The Morgan fingerprint density at radius 2 is 2.06 bits per heavy atom. The highest BCUT2D eigenvalue weighted by Gasteiger charge is 2.72. The standard InChI is InChI=1S/C27H30N2O3/c1-15(2)9-11-29-12-10-26-22-16-7-8-20(30)24(22)32-25(26)23-18(14-27(26,31)21(29)13-16)17-5-3-4-6-19(17)28-23/h3-8,15,21,25,28,30-31H,9-14H2,1-2H3/t21-,25+,26+,27-/m1/s1. The first-order valence-corrected chi connectivity index (χ1v) is 12.0. The van der Waals surface area contributed by atoms with Crippen LogP contribution in [-0.2, 0) is 18.3 Å². The molecule has 3 aromatic rings. The number of piperidine rings is 1. The van der Waals surface area contributed by atoms with Crippen LogP contribution in [0.25, 0.3) is 10.9 Å². The third-order valence-electron chi connectivity index (χ3n) is 8.87. The lowest BCUT2D eigenvalue weighted by atomic mass is 9.49. The summed E-state index contributed by atoms with van der Waals surface area (Å²) >= 11 is 0. The van der Waals surface area contributed by atoms with Gasteiger partial charge in [0.2, 0.25) is 0 Å². The summed E-state index contributed by atoms with van der Waals surface area (Å²) in [6.45, 7) is 6.49. The Morgan fingerprint density at radius 1 is 1.22 bits per heavy atom. The molecule has 7 rings (SSSR count). The summed E-state index contributed by atoms with van der Waals surface area (Å²) in [5.41, 5.74) is 4.17. The zero-order valence-corrected chi connectivity index (χ0v) is 18.7. The Hall–Kier alpha value is -2.50. The Bertz CT molecular complexity index is 1260. The molecule has 2 aliphatic heterocycles. The maximum Gasteiger partial charge on any atom is 0.166 e. The highest BCUT2D eigenvalue weighted by atomic mass is 16.5. The van der Waals surface area contributed by atoms with E-state index in [9.17, 15) is 10.2 Å². The highest BCUT2D eigenvalue weighted by molar-refractivity contribution is 5.86. The van der Waals surface area contributed by atoms with Crippen LogP contribution in [0.4, 0.5) is 0 Å². The van der Waals surface area contributed by atoms with Crippen molar-refractivity contribution in [1.82, 2.24) is 9.88 Å². The Labute approximate surface area is 188 Å². The molecule has 4 aliphatic rings. The van der Waals surface area contributed by atoms with Crippen molar-refractivity contribution < 1.29 is 14.9 Å². The van der Waals surface area contributed by atoms with Crippen LogP contribution in [0, 0.1) is 5.92 Å².